The zero-order valence-electron chi connectivity index (χ0n) is 8.93. The minimum atomic E-state index is -0.565. The van der Waals surface area contributed by atoms with Gasteiger partial charge in [-0.3, -0.25) is 14.9 Å². The van der Waals surface area contributed by atoms with Crippen molar-refractivity contribution in [2.75, 3.05) is 0 Å². The van der Waals surface area contributed by atoms with E-state index in [-0.39, 0.29) is 5.91 Å². The lowest BCUT2D eigenvalue weighted by atomic mass is 10.2. The zero-order chi connectivity index (χ0) is 11.3. The Morgan fingerprint density at radius 3 is 2.93 bits per heavy atom. The fourth-order valence-electron chi connectivity index (χ4n) is 1.16. The second kappa shape index (κ2) is 5.35. The fourth-order valence-corrected chi connectivity index (χ4v) is 1.16. The lowest BCUT2D eigenvalue weighted by molar-refractivity contribution is -0.128. The summed E-state index contributed by atoms with van der Waals surface area (Å²) in [6.45, 7) is 4.59. The summed E-state index contributed by atoms with van der Waals surface area (Å²) in [5, 5.41) is 4.04. The molecule has 0 aliphatic rings. The number of aromatic nitrogens is 2. The number of hydrazine groups is 1. The lowest BCUT2D eigenvalue weighted by Crippen LogP contribution is -2.41. The van der Waals surface area contributed by atoms with Crippen LogP contribution in [0.2, 0.25) is 0 Å². The summed E-state index contributed by atoms with van der Waals surface area (Å²) in [4.78, 5) is 11.2. The molecule has 0 saturated carbocycles. The number of rotatable bonds is 5. The first-order valence-corrected chi connectivity index (χ1v) is 4.90. The van der Waals surface area contributed by atoms with E-state index in [4.69, 9.17) is 10.6 Å². The van der Waals surface area contributed by atoms with Crippen molar-refractivity contribution in [3.8, 4) is 5.75 Å². The fraction of sp³-hybridized carbons (Fsp3) is 0.556. The summed E-state index contributed by atoms with van der Waals surface area (Å²) in [5.41, 5.74) is 2.07. The molecule has 0 aliphatic carbocycles. The molecule has 0 bridgehead atoms. The van der Waals surface area contributed by atoms with E-state index in [0.717, 1.165) is 6.54 Å². The van der Waals surface area contributed by atoms with Crippen LogP contribution in [0.15, 0.2) is 12.4 Å². The Hall–Kier alpha value is -1.56. The topological polar surface area (TPSA) is 82.2 Å². The van der Waals surface area contributed by atoms with E-state index >= 15 is 0 Å². The van der Waals surface area contributed by atoms with Crippen molar-refractivity contribution in [1.29, 1.82) is 0 Å². The Kier molecular flexibility index (Phi) is 4.11. The molecule has 0 spiro atoms. The predicted molar refractivity (Wildman–Crippen MR) is 54.9 cm³/mol. The van der Waals surface area contributed by atoms with E-state index in [2.05, 4.69) is 10.5 Å². The quantitative estimate of drug-likeness (QED) is 0.410. The van der Waals surface area contributed by atoms with Crippen molar-refractivity contribution in [1.82, 2.24) is 15.2 Å². The van der Waals surface area contributed by atoms with Gasteiger partial charge >= 0.3 is 0 Å². The van der Waals surface area contributed by atoms with Gasteiger partial charge in [-0.2, -0.15) is 5.10 Å². The van der Waals surface area contributed by atoms with E-state index in [1.165, 1.54) is 0 Å². The molecular weight excluding hydrogens is 196 g/mol. The summed E-state index contributed by atoms with van der Waals surface area (Å²) >= 11 is 0. The smallest absolute Gasteiger partial charge is 0.274 e. The van der Waals surface area contributed by atoms with E-state index in [1.54, 1.807) is 17.1 Å². The summed E-state index contributed by atoms with van der Waals surface area (Å²) < 4.78 is 7.15. The first-order valence-electron chi connectivity index (χ1n) is 4.90. The number of nitrogens with one attached hydrogen (secondary N) is 1. The Bertz CT molecular complexity index is 324. The van der Waals surface area contributed by atoms with Crippen LogP contribution in [0, 0.1) is 0 Å². The molecule has 0 aliphatic heterocycles. The van der Waals surface area contributed by atoms with Crippen LogP contribution in [0.4, 0.5) is 0 Å². The molecule has 0 radical (unpaired) electrons. The number of nitrogens with zero attached hydrogens (tertiary/aromatic N) is 2. The van der Waals surface area contributed by atoms with Crippen LogP contribution in [-0.2, 0) is 11.3 Å². The third-order valence-corrected chi connectivity index (χ3v) is 2.02. The van der Waals surface area contributed by atoms with Gasteiger partial charge in [0.1, 0.15) is 0 Å². The van der Waals surface area contributed by atoms with E-state index in [0.29, 0.717) is 12.2 Å². The monoisotopic (exact) mass is 212 g/mol. The van der Waals surface area contributed by atoms with Crippen LogP contribution in [0.3, 0.4) is 0 Å². The van der Waals surface area contributed by atoms with Gasteiger partial charge in [-0.05, 0) is 13.3 Å². The standard InChI is InChI=1S/C9H16N4O2/c1-3-8(9(14)12-10)15-7-5-11-13(4-2)6-7/h5-6,8H,3-4,10H2,1-2H3,(H,12,14). The summed E-state index contributed by atoms with van der Waals surface area (Å²) in [6, 6.07) is 0. The van der Waals surface area contributed by atoms with Gasteiger partial charge < -0.3 is 4.74 Å². The number of carbonyl (C=O) groups excluding carboxylic acids is 1. The summed E-state index contributed by atoms with van der Waals surface area (Å²) in [7, 11) is 0. The molecule has 0 fully saturated rings. The maximum Gasteiger partial charge on any atom is 0.274 e. The highest BCUT2D eigenvalue weighted by Crippen LogP contribution is 2.12. The van der Waals surface area contributed by atoms with Crippen LogP contribution < -0.4 is 16.0 Å². The normalized spacial score (nSPS) is 12.2. The van der Waals surface area contributed by atoms with E-state index in [9.17, 15) is 4.79 Å². The molecule has 0 aromatic carbocycles. The number of aryl methyl sites for hydroxylation is 1. The van der Waals surface area contributed by atoms with Crippen molar-refractivity contribution in [3.05, 3.63) is 12.4 Å². The molecule has 1 rings (SSSR count). The average molecular weight is 212 g/mol. The second-order valence-electron chi connectivity index (χ2n) is 3.06. The molecule has 1 aromatic rings. The predicted octanol–water partition coefficient (Wildman–Crippen LogP) is 0.0503. The Balaban J connectivity index is 2.62. The van der Waals surface area contributed by atoms with Crippen molar-refractivity contribution >= 4 is 5.91 Å². The Labute approximate surface area is 88.4 Å². The van der Waals surface area contributed by atoms with Crippen LogP contribution in [0.25, 0.3) is 0 Å². The molecule has 1 aromatic heterocycles. The van der Waals surface area contributed by atoms with E-state index in [1.807, 2.05) is 13.8 Å². The van der Waals surface area contributed by atoms with Crippen molar-refractivity contribution in [3.63, 3.8) is 0 Å². The second-order valence-corrected chi connectivity index (χ2v) is 3.06. The molecule has 84 valence electrons. The van der Waals surface area contributed by atoms with Gasteiger partial charge in [-0.15, -0.1) is 0 Å². The van der Waals surface area contributed by atoms with Gasteiger partial charge in [0, 0.05) is 6.54 Å². The Morgan fingerprint density at radius 1 is 1.73 bits per heavy atom. The number of ether oxygens (including phenoxy) is 1. The SMILES string of the molecule is CCC(Oc1cnn(CC)c1)C(=O)NN. The van der Waals surface area contributed by atoms with Crippen LogP contribution in [0.1, 0.15) is 20.3 Å². The van der Waals surface area contributed by atoms with Gasteiger partial charge in [0.25, 0.3) is 5.91 Å². The van der Waals surface area contributed by atoms with Gasteiger partial charge in [0.05, 0.1) is 12.4 Å². The van der Waals surface area contributed by atoms with Gasteiger partial charge in [-0.25, -0.2) is 5.84 Å². The maximum absolute atomic E-state index is 11.2. The number of hydrogen-bond acceptors (Lipinski definition) is 4. The minimum absolute atomic E-state index is 0.332. The van der Waals surface area contributed by atoms with Gasteiger partial charge in [0.2, 0.25) is 0 Å². The number of nitrogens with two attached hydrogens (primary N) is 1. The average Bonchev–Trinajstić information content (AvgIpc) is 2.72. The van der Waals surface area contributed by atoms with Gasteiger partial charge in [0.15, 0.2) is 11.9 Å². The molecular formula is C9H16N4O2. The molecule has 1 amide bonds. The lowest BCUT2D eigenvalue weighted by Gasteiger charge is -2.13. The summed E-state index contributed by atoms with van der Waals surface area (Å²) in [5.74, 6) is 5.28. The molecule has 6 heteroatoms. The molecule has 3 N–H and O–H groups in total. The molecule has 15 heavy (non-hydrogen) atoms. The molecule has 6 nitrogen and oxygen atoms in total. The summed E-state index contributed by atoms with van der Waals surface area (Å²) in [6.07, 6.45) is 3.31. The Morgan fingerprint density at radius 2 is 2.47 bits per heavy atom. The highest BCUT2D eigenvalue weighted by Gasteiger charge is 2.17. The number of amides is 1. The highest BCUT2D eigenvalue weighted by molar-refractivity contribution is 5.80. The van der Waals surface area contributed by atoms with Gasteiger partial charge in [-0.1, -0.05) is 6.92 Å². The van der Waals surface area contributed by atoms with Crippen molar-refractivity contribution in [2.24, 2.45) is 5.84 Å². The first kappa shape index (κ1) is 11.5. The maximum atomic E-state index is 11.2. The van der Waals surface area contributed by atoms with Crippen LogP contribution in [-0.4, -0.2) is 21.8 Å². The third kappa shape index (κ3) is 2.95. The number of hydrogen-bond donors (Lipinski definition) is 2. The third-order valence-electron chi connectivity index (χ3n) is 2.02. The van der Waals surface area contributed by atoms with Crippen molar-refractivity contribution < 1.29 is 9.53 Å². The van der Waals surface area contributed by atoms with E-state index < -0.39 is 6.10 Å². The largest absolute Gasteiger partial charge is 0.477 e. The molecule has 1 atom stereocenters. The van der Waals surface area contributed by atoms with Crippen LogP contribution >= 0.6 is 0 Å². The van der Waals surface area contributed by atoms with Crippen molar-refractivity contribution in [2.45, 2.75) is 32.9 Å². The highest BCUT2D eigenvalue weighted by atomic mass is 16.5. The number of carbonyl (C=O) groups is 1. The molecule has 1 heterocycles. The minimum Gasteiger partial charge on any atom is -0.477 e. The molecule has 1 unspecified atom stereocenters. The zero-order valence-corrected chi connectivity index (χ0v) is 8.93. The first-order chi connectivity index (χ1) is 7.21. The van der Waals surface area contributed by atoms with Crippen LogP contribution in [0.5, 0.6) is 5.75 Å². The molecule has 0 saturated heterocycles.